The number of Topliss-reactive ketones (excluding diaryl/α,β-unsaturated/α-hetero) is 2. The molecule has 6 nitrogen and oxygen atoms in total. The van der Waals surface area contributed by atoms with Crippen LogP contribution in [0.2, 0.25) is 0 Å². The smallest absolute Gasteiger partial charge is 0.273 e. The number of nitro benzene ring substituents is 1. The minimum Gasteiger partial charge on any atom is -0.349 e. The molecule has 0 atom stereocenters. The lowest BCUT2D eigenvalue weighted by atomic mass is 9.80. The van der Waals surface area contributed by atoms with Crippen molar-refractivity contribution in [1.82, 2.24) is 4.90 Å². The van der Waals surface area contributed by atoms with Crippen molar-refractivity contribution in [2.75, 3.05) is 0 Å². The van der Waals surface area contributed by atoms with Crippen LogP contribution in [0.4, 0.5) is 5.69 Å². The van der Waals surface area contributed by atoms with Gasteiger partial charge in [-0.2, -0.15) is 0 Å². The zero-order chi connectivity index (χ0) is 20.3. The molecule has 1 heterocycles. The summed E-state index contributed by atoms with van der Waals surface area (Å²) >= 11 is 0. The largest absolute Gasteiger partial charge is 0.349 e. The number of hydrogen-bond donors (Lipinski definition) is 0. The van der Waals surface area contributed by atoms with E-state index in [4.69, 9.17) is 0 Å². The maximum Gasteiger partial charge on any atom is 0.273 e. The minimum atomic E-state index is -0.761. The van der Waals surface area contributed by atoms with Crippen molar-refractivity contribution in [1.29, 1.82) is 0 Å². The van der Waals surface area contributed by atoms with E-state index in [0.717, 1.165) is 5.56 Å². The van der Waals surface area contributed by atoms with E-state index in [-0.39, 0.29) is 17.3 Å². The van der Waals surface area contributed by atoms with Crippen LogP contribution in [0.5, 0.6) is 0 Å². The van der Waals surface area contributed by atoms with E-state index in [9.17, 15) is 19.7 Å². The van der Waals surface area contributed by atoms with Crippen molar-refractivity contribution in [3.8, 4) is 0 Å². The monoisotopic (exact) mass is 376 g/mol. The molecule has 0 bridgehead atoms. The van der Waals surface area contributed by atoms with E-state index in [1.807, 2.05) is 30.3 Å². The Balaban J connectivity index is 2.11. The summed E-state index contributed by atoms with van der Waals surface area (Å²) < 4.78 is 0. The molecule has 0 aromatic heterocycles. The van der Waals surface area contributed by atoms with E-state index < -0.39 is 10.8 Å². The fourth-order valence-corrected chi connectivity index (χ4v) is 3.42. The van der Waals surface area contributed by atoms with E-state index in [1.165, 1.54) is 19.9 Å². The van der Waals surface area contributed by atoms with Gasteiger partial charge < -0.3 is 4.90 Å². The molecule has 28 heavy (non-hydrogen) atoms. The molecule has 2 aromatic carbocycles. The molecule has 2 aromatic rings. The molecule has 1 aliphatic rings. The summed E-state index contributed by atoms with van der Waals surface area (Å²) in [7, 11) is 0. The SMILES string of the molecule is CC(=O)C1=CN(Cc2ccccc2)C=C(C(C)=O)C1c1ccccc1[N+](=O)[O-]. The Morgan fingerprint density at radius 3 is 2.00 bits per heavy atom. The number of allylic oxidation sites excluding steroid dienone is 2. The normalized spacial score (nSPS) is 14.3. The predicted octanol–water partition coefficient (Wildman–Crippen LogP) is 4.14. The fourth-order valence-electron chi connectivity index (χ4n) is 3.42. The lowest BCUT2D eigenvalue weighted by Crippen LogP contribution is -2.26. The van der Waals surface area contributed by atoms with Crippen LogP contribution in [0.3, 0.4) is 0 Å². The van der Waals surface area contributed by atoms with Gasteiger partial charge in [0.2, 0.25) is 0 Å². The Labute approximate surface area is 162 Å². The fraction of sp³-hybridized carbons (Fsp3) is 0.182. The van der Waals surface area contributed by atoms with Gasteiger partial charge in [-0.15, -0.1) is 0 Å². The second kappa shape index (κ2) is 8.00. The van der Waals surface area contributed by atoms with Gasteiger partial charge in [0.25, 0.3) is 5.69 Å². The quantitative estimate of drug-likeness (QED) is 0.559. The Kier molecular flexibility index (Phi) is 5.49. The lowest BCUT2D eigenvalue weighted by Gasteiger charge is -2.30. The highest BCUT2D eigenvalue weighted by atomic mass is 16.6. The molecule has 0 radical (unpaired) electrons. The summed E-state index contributed by atoms with van der Waals surface area (Å²) in [5.41, 5.74) is 1.97. The lowest BCUT2D eigenvalue weighted by molar-refractivity contribution is -0.385. The number of benzene rings is 2. The molecule has 0 spiro atoms. The molecule has 142 valence electrons. The van der Waals surface area contributed by atoms with Gasteiger partial charge >= 0.3 is 0 Å². The Bertz CT molecular complexity index is 961. The number of rotatable bonds is 6. The molecule has 1 aliphatic heterocycles. The number of nitrogens with zero attached hydrogens (tertiary/aromatic N) is 2. The Morgan fingerprint density at radius 1 is 0.929 bits per heavy atom. The van der Waals surface area contributed by atoms with Crippen LogP contribution in [0.1, 0.15) is 30.9 Å². The van der Waals surface area contributed by atoms with Crippen molar-refractivity contribution in [2.24, 2.45) is 0 Å². The van der Waals surface area contributed by atoms with Gasteiger partial charge in [0.05, 0.1) is 10.8 Å². The summed E-state index contributed by atoms with van der Waals surface area (Å²) in [6.45, 7) is 3.31. The van der Waals surface area contributed by atoms with Crippen LogP contribution in [-0.2, 0) is 16.1 Å². The molecular weight excluding hydrogens is 356 g/mol. The van der Waals surface area contributed by atoms with E-state index in [0.29, 0.717) is 23.3 Å². The average molecular weight is 376 g/mol. The Morgan fingerprint density at radius 2 is 1.46 bits per heavy atom. The number of nitro groups is 1. The standard InChI is InChI=1S/C22H20N2O4/c1-15(25)19-13-23(12-17-8-4-3-5-9-17)14-20(16(2)26)22(19)18-10-6-7-11-21(18)24(27)28/h3-11,13-14,22H,12H2,1-2H3. The predicted molar refractivity (Wildman–Crippen MR) is 105 cm³/mol. The average Bonchev–Trinajstić information content (AvgIpc) is 2.68. The zero-order valence-corrected chi connectivity index (χ0v) is 15.7. The van der Waals surface area contributed by atoms with Crippen LogP contribution in [0, 0.1) is 10.1 Å². The van der Waals surface area contributed by atoms with Gasteiger partial charge in [0, 0.05) is 41.7 Å². The highest BCUT2D eigenvalue weighted by Crippen LogP contribution is 2.40. The van der Waals surface area contributed by atoms with E-state index in [1.54, 1.807) is 35.5 Å². The summed E-state index contributed by atoms with van der Waals surface area (Å²) in [6, 6.07) is 15.9. The Hall–Kier alpha value is -3.54. The number of carbonyl (C=O) groups excluding carboxylic acids is 2. The minimum absolute atomic E-state index is 0.108. The van der Waals surface area contributed by atoms with Crippen LogP contribution < -0.4 is 0 Å². The number of para-hydroxylation sites is 1. The highest BCUT2D eigenvalue weighted by Gasteiger charge is 2.34. The molecule has 3 rings (SSSR count). The number of ketones is 2. The molecule has 0 amide bonds. The molecule has 0 saturated carbocycles. The van der Waals surface area contributed by atoms with E-state index in [2.05, 4.69) is 0 Å². The summed E-state index contributed by atoms with van der Waals surface area (Å²) in [5, 5.41) is 11.5. The first-order chi connectivity index (χ1) is 13.4. The molecule has 0 saturated heterocycles. The van der Waals surface area contributed by atoms with Crippen molar-refractivity contribution in [2.45, 2.75) is 26.3 Å². The van der Waals surface area contributed by atoms with E-state index >= 15 is 0 Å². The third kappa shape index (κ3) is 3.91. The molecule has 6 heteroatoms. The number of carbonyl (C=O) groups is 2. The third-order valence-electron chi connectivity index (χ3n) is 4.70. The molecule has 0 N–H and O–H groups in total. The van der Waals surface area contributed by atoms with Gasteiger partial charge in [-0.1, -0.05) is 48.5 Å². The van der Waals surface area contributed by atoms with Crippen LogP contribution in [-0.4, -0.2) is 21.4 Å². The zero-order valence-electron chi connectivity index (χ0n) is 15.7. The van der Waals surface area contributed by atoms with Crippen molar-refractivity contribution >= 4 is 17.3 Å². The van der Waals surface area contributed by atoms with Gasteiger partial charge in [0.1, 0.15) is 0 Å². The van der Waals surface area contributed by atoms with Crippen molar-refractivity contribution in [3.63, 3.8) is 0 Å². The summed E-state index contributed by atoms with van der Waals surface area (Å²) in [4.78, 5) is 37.7. The topological polar surface area (TPSA) is 80.5 Å². The summed E-state index contributed by atoms with van der Waals surface area (Å²) in [5.74, 6) is -1.22. The van der Waals surface area contributed by atoms with Gasteiger partial charge in [-0.3, -0.25) is 19.7 Å². The van der Waals surface area contributed by atoms with Gasteiger partial charge in [-0.05, 0) is 19.4 Å². The third-order valence-corrected chi connectivity index (χ3v) is 4.70. The van der Waals surface area contributed by atoms with Crippen LogP contribution >= 0.6 is 0 Å². The second-order valence-corrected chi connectivity index (χ2v) is 6.69. The first-order valence-electron chi connectivity index (χ1n) is 8.86. The molecule has 0 aliphatic carbocycles. The van der Waals surface area contributed by atoms with Gasteiger partial charge in [-0.25, -0.2) is 0 Å². The van der Waals surface area contributed by atoms with Crippen LogP contribution in [0.25, 0.3) is 0 Å². The van der Waals surface area contributed by atoms with Crippen molar-refractivity contribution in [3.05, 3.63) is 99.4 Å². The number of hydrogen-bond acceptors (Lipinski definition) is 5. The van der Waals surface area contributed by atoms with Crippen molar-refractivity contribution < 1.29 is 14.5 Å². The van der Waals surface area contributed by atoms with Gasteiger partial charge in [0.15, 0.2) is 11.6 Å². The first-order valence-corrected chi connectivity index (χ1v) is 8.86. The van der Waals surface area contributed by atoms with Crippen LogP contribution in [0.15, 0.2) is 78.1 Å². The molecule has 0 unspecified atom stereocenters. The molecule has 0 fully saturated rings. The maximum absolute atomic E-state index is 12.4. The second-order valence-electron chi connectivity index (χ2n) is 6.69. The summed E-state index contributed by atoms with van der Waals surface area (Å²) in [6.07, 6.45) is 3.37. The highest BCUT2D eigenvalue weighted by molar-refractivity contribution is 6.02. The maximum atomic E-state index is 12.4. The first kappa shape index (κ1) is 19.2. The molecular formula is C22H20N2O4.